The third kappa shape index (κ3) is 2.96. The van der Waals surface area contributed by atoms with Gasteiger partial charge in [-0.2, -0.15) is 0 Å². The zero-order valence-corrected chi connectivity index (χ0v) is 8.91. The van der Waals surface area contributed by atoms with E-state index in [2.05, 4.69) is 0 Å². The van der Waals surface area contributed by atoms with Gasteiger partial charge in [-0.25, -0.2) is 4.39 Å². The first kappa shape index (κ1) is 11.5. The van der Waals surface area contributed by atoms with Crippen molar-refractivity contribution in [3.8, 4) is 0 Å². The van der Waals surface area contributed by atoms with Gasteiger partial charge in [0.05, 0.1) is 5.88 Å². The predicted molar refractivity (Wildman–Crippen MR) is 55.7 cm³/mol. The third-order valence-electron chi connectivity index (χ3n) is 1.81. The summed E-state index contributed by atoms with van der Waals surface area (Å²) >= 11 is 11.2. The fourth-order valence-electron chi connectivity index (χ4n) is 1.08. The molecule has 0 aliphatic carbocycles. The Bertz CT molecular complexity index is 339. The average Bonchev–Trinajstić information content (AvgIpc) is 2.20. The van der Waals surface area contributed by atoms with Gasteiger partial charge in [-0.15, -0.1) is 11.6 Å². The van der Waals surface area contributed by atoms with Gasteiger partial charge in [-0.05, 0) is 17.2 Å². The summed E-state index contributed by atoms with van der Waals surface area (Å²) in [6, 6.07) is 4.79. The summed E-state index contributed by atoms with van der Waals surface area (Å²) in [4.78, 5) is 11.0. The van der Waals surface area contributed by atoms with E-state index in [-0.39, 0.29) is 18.1 Å². The molecule has 0 atom stereocenters. The second-order valence-corrected chi connectivity index (χ2v) is 3.58. The first-order valence-electron chi connectivity index (χ1n) is 4.08. The van der Waals surface area contributed by atoms with E-state index in [1.807, 2.05) is 0 Å². The van der Waals surface area contributed by atoms with Gasteiger partial charge in [0.1, 0.15) is 6.67 Å². The fraction of sp³-hybridized carbons (Fsp3) is 0.300. The van der Waals surface area contributed by atoms with E-state index in [0.29, 0.717) is 16.1 Å². The lowest BCUT2D eigenvalue weighted by Gasteiger charge is -2.03. The van der Waals surface area contributed by atoms with Crippen LogP contribution in [0, 0.1) is 0 Å². The Kier molecular flexibility index (Phi) is 4.36. The number of Topliss-reactive ketones (excluding diaryl/α,β-unsaturated/α-hetero) is 1. The van der Waals surface area contributed by atoms with Gasteiger partial charge >= 0.3 is 0 Å². The molecule has 0 saturated carbocycles. The van der Waals surface area contributed by atoms with E-state index < -0.39 is 6.67 Å². The van der Waals surface area contributed by atoms with Crippen molar-refractivity contribution in [2.75, 3.05) is 5.88 Å². The number of rotatable bonds is 4. The molecule has 0 N–H and O–H groups in total. The monoisotopic (exact) mass is 234 g/mol. The Balaban J connectivity index is 2.83. The molecule has 1 rings (SSSR count). The van der Waals surface area contributed by atoms with Crippen LogP contribution in [-0.2, 0) is 17.9 Å². The van der Waals surface area contributed by atoms with Crippen LogP contribution in [0.4, 0.5) is 4.39 Å². The van der Waals surface area contributed by atoms with Crippen LogP contribution < -0.4 is 0 Å². The maximum absolute atomic E-state index is 12.2. The molecule has 0 radical (unpaired) electrons. The van der Waals surface area contributed by atoms with Gasteiger partial charge in [0.2, 0.25) is 0 Å². The highest BCUT2D eigenvalue weighted by Gasteiger charge is 2.06. The maximum Gasteiger partial charge on any atom is 0.152 e. The molecular formula is C10H9Cl2FO. The molecule has 0 aliphatic rings. The summed E-state index contributed by atoms with van der Waals surface area (Å²) < 4.78 is 12.2. The molecule has 0 aromatic heterocycles. The van der Waals surface area contributed by atoms with Crippen molar-refractivity contribution in [3.63, 3.8) is 0 Å². The molecule has 76 valence electrons. The lowest BCUT2D eigenvalue weighted by atomic mass is 10.1. The van der Waals surface area contributed by atoms with Crippen LogP contribution >= 0.6 is 23.2 Å². The number of carbonyl (C=O) groups is 1. The van der Waals surface area contributed by atoms with Crippen molar-refractivity contribution in [2.24, 2.45) is 0 Å². The molecular weight excluding hydrogens is 226 g/mol. The van der Waals surface area contributed by atoms with Crippen molar-refractivity contribution in [3.05, 3.63) is 34.3 Å². The lowest BCUT2D eigenvalue weighted by molar-refractivity contribution is -0.116. The second-order valence-electron chi connectivity index (χ2n) is 2.91. The molecule has 0 heterocycles. The van der Waals surface area contributed by atoms with Gasteiger partial charge in [-0.3, -0.25) is 4.79 Å². The molecule has 0 aliphatic heterocycles. The van der Waals surface area contributed by atoms with Gasteiger partial charge in [0.25, 0.3) is 0 Å². The zero-order valence-electron chi connectivity index (χ0n) is 7.40. The number of carbonyl (C=O) groups excluding carboxylic acids is 1. The third-order valence-corrected chi connectivity index (χ3v) is 2.46. The van der Waals surface area contributed by atoms with E-state index in [1.165, 1.54) is 6.07 Å². The van der Waals surface area contributed by atoms with Crippen LogP contribution in [0.15, 0.2) is 18.2 Å². The number of hydrogen-bond donors (Lipinski definition) is 0. The number of hydrogen-bond acceptors (Lipinski definition) is 1. The maximum atomic E-state index is 12.2. The quantitative estimate of drug-likeness (QED) is 0.732. The summed E-state index contributed by atoms with van der Waals surface area (Å²) in [5, 5.41) is 0.415. The first-order valence-corrected chi connectivity index (χ1v) is 4.99. The van der Waals surface area contributed by atoms with E-state index in [0.717, 1.165) is 0 Å². The van der Waals surface area contributed by atoms with Gasteiger partial charge in [-0.1, -0.05) is 23.7 Å². The van der Waals surface area contributed by atoms with E-state index in [9.17, 15) is 9.18 Å². The normalized spacial score (nSPS) is 10.2. The minimum atomic E-state index is -0.552. The second kappa shape index (κ2) is 5.32. The summed E-state index contributed by atoms with van der Waals surface area (Å²) in [5.41, 5.74) is 1.20. The molecule has 0 bridgehead atoms. The summed E-state index contributed by atoms with van der Waals surface area (Å²) in [6.07, 6.45) is 0.203. The van der Waals surface area contributed by atoms with Crippen LogP contribution in [0.25, 0.3) is 0 Å². The standard InChI is InChI=1S/C10H9Cl2FO/c11-5-9(14)4-8-2-1-7(6-13)3-10(8)12/h1-3H,4-6H2. The minimum Gasteiger partial charge on any atom is -0.298 e. The largest absolute Gasteiger partial charge is 0.298 e. The SMILES string of the molecule is O=C(CCl)Cc1ccc(CF)cc1Cl. The Morgan fingerprint density at radius 3 is 2.64 bits per heavy atom. The highest BCUT2D eigenvalue weighted by molar-refractivity contribution is 6.32. The molecule has 4 heteroatoms. The topological polar surface area (TPSA) is 17.1 Å². The van der Waals surface area contributed by atoms with Crippen molar-refractivity contribution >= 4 is 29.0 Å². The number of ketones is 1. The van der Waals surface area contributed by atoms with Crippen LogP contribution in [0.3, 0.4) is 0 Å². The highest BCUT2D eigenvalue weighted by Crippen LogP contribution is 2.19. The van der Waals surface area contributed by atoms with E-state index >= 15 is 0 Å². The summed E-state index contributed by atoms with van der Waals surface area (Å²) in [6.45, 7) is -0.552. The van der Waals surface area contributed by atoms with Gasteiger partial charge in [0.15, 0.2) is 5.78 Å². The zero-order chi connectivity index (χ0) is 10.6. The molecule has 1 aromatic rings. The molecule has 0 amide bonds. The smallest absolute Gasteiger partial charge is 0.152 e. The van der Waals surface area contributed by atoms with Crippen molar-refractivity contribution in [1.82, 2.24) is 0 Å². The van der Waals surface area contributed by atoms with Crippen LogP contribution in [-0.4, -0.2) is 11.7 Å². The fourth-order valence-corrected chi connectivity index (χ4v) is 1.44. The Morgan fingerprint density at radius 1 is 1.43 bits per heavy atom. The Morgan fingerprint density at radius 2 is 2.14 bits per heavy atom. The molecule has 0 spiro atoms. The van der Waals surface area contributed by atoms with E-state index in [4.69, 9.17) is 23.2 Å². The molecule has 0 unspecified atom stereocenters. The first-order chi connectivity index (χ1) is 6.67. The van der Waals surface area contributed by atoms with Crippen molar-refractivity contribution in [2.45, 2.75) is 13.1 Å². The predicted octanol–water partition coefficient (Wildman–Crippen LogP) is 3.16. The van der Waals surface area contributed by atoms with Gasteiger partial charge < -0.3 is 0 Å². The molecule has 0 fully saturated rings. The number of halogens is 3. The van der Waals surface area contributed by atoms with Crippen molar-refractivity contribution in [1.29, 1.82) is 0 Å². The van der Waals surface area contributed by atoms with E-state index in [1.54, 1.807) is 12.1 Å². The molecule has 1 aromatic carbocycles. The molecule has 1 nitrogen and oxygen atoms in total. The van der Waals surface area contributed by atoms with Crippen LogP contribution in [0.2, 0.25) is 5.02 Å². The minimum absolute atomic E-state index is 0.0266. The Labute approximate surface area is 91.8 Å². The molecule has 14 heavy (non-hydrogen) atoms. The summed E-state index contributed by atoms with van der Waals surface area (Å²) in [5.74, 6) is -0.122. The number of benzene rings is 1. The van der Waals surface area contributed by atoms with Crippen LogP contribution in [0.5, 0.6) is 0 Å². The number of alkyl halides is 2. The van der Waals surface area contributed by atoms with Crippen molar-refractivity contribution < 1.29 is 9.18 Å². The highest BCUT2D eigenvalue weighted by atomic mass is 35.5. The average molecular weight is 235 g/mol. The van der Waals surface area contributed by atoms with Gasteiger partial charge in [0, 0.05) is 11.4 Å². The molecule has 0 saturated heterocycles. The summed E-state index contributed by atoms with van der Waals surface area (Å²) in [7, 11) is 0. The Hall–Kier alpha value is -0.600. The lowest BCUT2D eigenvalue weighted by Crippen LogP contribution is -2.04. The van der Waals surface area contributed by atoms with Crippen LogP contribution in [0.1, 0.15) is 11.1 Å².